The van der Waals surface area contributed by atoms with E-state index in [1.54, 1.807) is 0 Å². The van der Waals surface area contributed by atoms with Gasteiger partial charge in [0.1, 0.15) is 0 Å². The molecule has 1 atom stereocenters. The number of aryl methyl sites for hydroxylation is 1. The summed E-state index contributed by atoms with van der Waals surface area (Å²) in [6.45, 7) is 9.40. The van der Waals surface area contributed by atoms with E-state index in [0.29, 0.717) is 0 Å². The molecular formula is C20H31N3O2. The van der Waals surface area contributed by atoms with E-state index >= 15 is 0 Å². The fraction of sp³-hybridized carbons (Fsp3) is 0.550. The minimum atomic E-state index is -0.683. The number of carbonyl (C=O) groups is 1. The third kappa shape index (κ3) is 6.52. The number of benzene rings is 1. The molecule has 5 heteroatoms. The van der Waals surface area contributed by atoms with Crippen molar-refractivity contribution in [1.29, 1.82) is 0 Å². The Kier molecular flexibility index (Phi) is 7.47. The second-order valence-electron chi connectivity index (χ2n) is 7.08. The molecule has 2 rings (SSSR count). The van der Waals surface area contributed by atoms with Crippen molar-refractivity contribution in [2.24, 2.45) is 0 Å². The third-order valence-corrected chi connectivity index (χ3v) is 4.68. The lowest BCUT2D eigenvalue weighted by Gasteiger charge is -2.31. The van der Waals surface area contributed by atoms with Crippen molar-refractivity contribution >= 4 is 6.03 Å². The van der Waals surface area contributed by atoms with Gasteiger partial charge in [-0.25, -0.2) is 4.79 Å². The van der Waals surface area contributed by atoms with Gasteiger partial charge in [0.05, 0.1) is 6.10 Å². The number of nitrogens with one attached hydrogen (secondary N) is 2. The van der Waals surface area contributed by atoms with Crippen molar-refractivity contribution in [2.45, 2.75) is 45.8 Å². The zero-order valence-corrected chi connectivity index (χ0v) is 15.6. The summed E-state index contributed by atoms with van der Waals surface area (Å²) in [5.41, 5.74) is 3.23. The van der Waals surface area contributed by atoms with Crippen molar-refractivity contribution < 1.29 is 9.90 Å². The van der Waals surface area contributed by atoms with E-state index in [2.05, 4.69) is 35.5 Å². The van der Waals surface area contributed by atoms with Gasteiger partial charge in [0.15, 0.2) is 0 Å². The molecule has 1 aromatic rings. The van der Waals surface area contributed by atoms with Gasteiger partial charge in [-0.05, 0) is 44.7 Å². The molecule has 0 radical (unpaired) electrons. The first kappa shape index (κ1) is 19.5. The molecule has 0 saturated carbocycles. The summed E-state index contributed by atoms with van der Waals surface area (Å²) in [6.07, 6.45) is 3.49. The maximum absolute atomic E-state index is 12.1. The maximum atomic E-state index is 12.1. The first-order valence-corrected chi connectivity index (χ1v) is 9.09. The maximum Gasteiger partial charge on any atom is 0.315 e. The minimum Gasteiger partial charge on any atom is -0.387 e. The lowest BCUT2D eigenvalue weighted by atomic mass is 10.0. The smallest absolute Gasteiger partial charge is 0.315 e. The second kappa shape index (κ2) is 9.59. The van der Waals surface area contributed by atoms with Crippen LogP contribution >= 0.6 is 0 Å². The number of allylic oxidation sites excluding steroid dienone is 1. The molecule has 1 aliphatic heterocycles. The van der Waals surface area contributed by atoms with Crippen LogP contribution in [-0.2, 0) is 0 Å². The Morgan fingerprint density at radius 3 is 2.64 bits per heavy atom. The van der Waals surface area contributed by atoms with Crippen LogP contribution in [0, 0.1) is 6.92 Å². The van der Waals surface area contributed by atoms with Crippen LogP contribution in [-0.4, -0.2) is 48.3 Å². The Morgan fingerprint density at radius 2 is 2.00 bits per heavy atom. The Labute approximate surface area is 151 Å². The lowest BCUT2D eigenvalue weighted by Crippen LogP contribution is -2.48. The summed E-state index contributed by atoms with van der Waals surface area (Å²) in [4.78, 5) is 14.5. The quantitative estimate of drug-likeness (QED) is 0.695. The molecule has 1 aliphatic rings. The second-order valence-corrected chi connectivity index (χ2v) is 7.08. The molecule has 3 N–H and O–H groups in total. The molecular weight excluding hydrogens is 314 g/mol. The van der Waals surface area contributed by atoms with Gasteiger partial charge in [-0.1, -0.05) is 35.9 Å². The largest absolute Gasteiger partial charge is 0.387 e. The van der Waals surface area contributed by atoms with Crippen LogP contribution in [0.4, 0.5) is 4.79 Å². The van der Waals surface area contributed by atoms with E-state index < -0.39 is 6.10 Å². The number of piperidine rings is 1. The van der Waals surface area contributed by atoms with Crippen molar-refractivity contribution in [2.75, 3.05) is 26.2 Å². The summed E-state index contributed by atoms with van der Waals surface area (Å²) in [7, 11) is 0. The van der Waals surface area contributed by atoms with E-state index in [4.69, 9.17) is 0 Å². The van der Waals surface area contributed by atoms with Gasteiger partial charge in [-0.15, -0.1) is 0 Å². The summed E-state index contributed by atoms with van der Waals surface area (Å²) < 4.78 is 0. The van der Waals surface area contributed by atoms with Gasteiger partial charge in [0, 0.05) is 32.2 Å². The Bertz CT molecular complexity index is 588. The SMILES string of the molecule is CC(C)=CCN1CCC(NC(=O)NC[C@@H](O)c2ccccc2C)CC1. The first-order valence-electron chi connectivity index (χ1n) is 9.09. The van der Waals surface area contributed by atoms with Crippen molar-refractivity contribution in [1.82, 2.24) is 15.5 Å². The molecule has 138 valence electrons. The molecule has 0 aromatic heterocycles. The number of urea groups is 1. The molecule has 0 spiro atoms. The van der Waals surface area contributed by atoms with E-state index in [0.717, 1.165) is 43.6 Å². The monoisotopic (exact) mass is 345 g/mol. The molecule has 0 unspecified atom stereocenters. The van der Waals surface area contributed by atoms with Crippen LogP contribution in [0.15, 0.2) is 35.9 Å². The molecule has 1 aromatic carbocycles. The predicted molar refractivity (Wildman–Crippen MR) is 102 cm³/mol. The molecule has 1 fully saturated rings. The van der Waals surface area contributed by atoms with Gasteiger partial charge < -0.3 is 15.7 Å². The van der Waals surface area contributed by atoms with Crippen LogP contribution in [0.1, 0.15) is 43.9 Å². The van der Waals surface area contributed by atoms with Crippen LogP contribution in [0.25, 0.3) is 0 Å². The van der Waals surface area contributed by atoms with Crippen molar-refractivity contribution in [3.63, 3.8) is 0 Å². The molecule has 0 aliphatic carbocycles. The average Bonchev–Trinajstić information content (AvgIpc) is 2.59. The van der Waals surface area contributed by atoms with Crippen molar-refractivity contribution in [3.8, 4) is 0 Å². The number of aliphatic hydroxyl groups excluding tert-OH is 1. The summed E-state index contributed by atoms with van der Waals surface area (Å²) in [5, 5.41) is 16.0. The van der Waals surface area contributed by atoms with Gasteiger partial charge in [0.25, 0.3) is 0 Å². The summed E-state index contributed by atoms with van der Waals surface area (Å²) in [6, 6.07) is 7.70. The van der Waals surface area contributed by atoms with Gasteiger partial charge in [0.2, 0.25) is 0 Å². The van der Waals surface area contributed by atoms with Crippen LogP contribution < -0.4 is 10.6 Å². The number of hydrogen-bond acceptors (Lipinski definition) is 3. The van der Waals surface area contributed by atoms with Crippen LogP contribution in [0.2, 0.25) is 0 Å². The Balaban J connectivity index is 1.69. The molecule has 25 heavy (non-hydrogen) atoms. The van der Waals surface area contributed by atoms with E-state index in [9.17, 15) is 9.90 Å². The van der Waals surface area contributed by atoms with Crippen molar-refractivity contribution in [3.05, 3.63) is 47.0 Å². The molecule has 1 saturated heterocycles. The molecule has 2 amide bonds. The van der Waals surface area contributed by atoms with Gasteiger partial charge in [-0.2, -0.15) is 0 Å². The number of nitrogens with zero attached hydrogens (tertiary/aromatic N) is 1. The average molecular weight is 345 g/mol. The number of rotatable bonds is 6. The number of carbonyl (C=O) groups excluding carboxylic acids is 1. The zero-order valence-electron chi connectivity index (χ0n) is 15.6. The Morgan fingerprint density at radius 1 is 1.32 bits per heavy atom. The fourth-order valence-corrected chi connectivity index (χ4v) is 3.07. The summed E-state index contributed by atoms with van der Waals surface area (Å²) in [5.74, 6) is 0. The standard InChI is InChI=1S/C20H31N3O2/c1-15(2)8-11-23-12-9-17(10-13-23)22-20(25)21-14-19(24)18-7-5-4-6-16(18)3/h4-8,17,19,24H,9-14H2,1-3H3,(H2,21,22,25)/t19-/m1/s1. The third-order valence-electron chi connectivity index (χ3n) is 4.68. The topological polar surface area (TPSA) is 64.6 Å². The highest BCUT2D eigenvalue weighted by atomic mass is 16.3. The first-order chi connectivity index (χ1) is 12.0. The minimum absolute atomic E-state index is 0.199. The zero-order chi connectivity index (χ0) is 18.2. The normalized spacial score (nSPS) is 17.0. The number of hydrogen-bond donors (Lipinski definition) is 3. The highest BCUT2D eigenvalue weighted by Gasteiger charge is 2.20. The van der Waals surface area contributed by atoms with E-state index in [1.165, 1.54) is 5.57 Å². The lowest BCUT2D eigenvalue weighted by molar-refractivity contribution is 0.169. The number of amides is 2. The van der Waals surface area contributed by atoms with Gasteiger partial charge in [-0.3, -0.25) is 4.90 Å². The Hall–Kier alpha value is -1.85. The molecule has 5 nitrogen and oxygen atoms in total. The highest BCUT2D eigenvalue weighted by molar-refractivity contribution is 5.74. The van der Waals surface area contributed by atoms with Crippen LogP contribution in [0.5, 0.6) is 0 Å². The predicted octanol–water partition coefficient (Wildman–Crippen LogP) is 2.76. The van der Waals surface area contributed by atoms with E-state index in [1.807, 2.05) is 31.2 Å². The van der Waals surface area contributed by atoms with Crippen LogP contribution in [0.3, 0.4) is 0 Å². The van der Waals surface area contributed by atoms with Gasteiger partial charge >= 0.3 is 6.03 Å². The number of aliphatic hydroxyl groups is 1. The summed E-state index contributed by atoms with van der Waals surface area (Å²) >= 11 is 0. The highest BCUT2D eigenvalue weighted by Crippen LogP contribution is 2.16. The fourth-order valence-electron chi connectivity index (χ4n) is 3.07. The van der Waals surface area contributed by atoms with E-state index in [-0.39, 0.29) is 18.6 Å². The number of likely N-dealkylation sites (tertiary alicyclic amines) is 1. The molecule has 0 bridgehead atoms. The molecule has 1 heterocycles.